The Labute approximate surface area is 198 Å². The summed E-state index contributed by atoms with van der Waals surface area (Å²) in [5.74, 6) is -0.239. The van der Waals surface area contributed by atoms with Crippen LogP contribution in [-0.4, -0.2) is 30.4 Å². The van der Waals surface area contributed by atoms with Gasteiger partial charge < -0.3 is 9.47 Å². The third-order valence-corrected chi connectivity index (χ3v) is 8.00. The first-order valence-corrected chi connectivity index (χ1v) is 12.7. The molecule has 2 fully saturated rings. The van der Waals surface area contributed by atoms with E-state index in [9.17, 15) is 14.4 Å². The van der Waals surface area contributed by atoms with Crippen molar-refractivity contribution < 1.29 is 23.9 Å². The summed E-state index contributed by atoms with van der Waals surface area (Å²) in [7, 11) is 0. The van der Waals surface area contributed by atoms with Gasteiger partial charge in [-0.1, -0.05) is 63.9 Å². The highest BCUT2D eigenvalue weighted by molar-refractivity contribution is 6.04. The summed E-state index contributed by atoms with van der Waals surface area (Å²) >= 11 is 0. The van der Waals surface area contributed by atoms with Crippen molar-refractivity contribution in [2.24, 2.45) is 17.3 Å². The van der Waals surface area contributed by atoms with Crippen molar-refractivity contribution in [2.75, 3.05) is 6.61 Å². The van der Waals surface area contributed by atoms with Crippen LogP contribution in [0.2, 0.25) is 0 Å². The summed E-state index contributed by atoms with van der Waals surface area (Å²) in [5, 5.41) is 0. The van der Waals surface area contributed by atoms with Crippen LogP contribution in [0, 0.1) is 17.3 Å². The summed E-state index contributed by atoms with van der Waals surface area (Å²) in [6.45, 7) is 8.71. The number of carbonyl (C=O) groups excluding carboxylic acids is 3. The molecule has 1 aromatic carbocycles. The maximum atomic E-state index is 13.7. The van der Waals surface area contributed by atoms with Gasteiger partial charge in [-0.2, -0.15) is 0 Å². The van der Waals surface area contributed by atoms with Crippen molar-refractivity contribution in [3.8, 4) is 0 Å². The molecule has 33 heavy (non-hydrogen) atoms. The molecule has 5 heteroatoms. The van der Waals surface area contributed by atoms with E-state index in [-0.39, 0.29) is 42.0 Å². The number of carbonyl (C=O) groups is 3. The van der Waals surface area contributed by atoms with Gasteiger partial charge in [0.25, 0.3) is 0 Å². The fourth-order valence-electron chi connectivity index (χ4n) is 5.84. The second kappa shape index (κ2) is 10.8. The van der Waals surface area contributed by atoms with Crippen molar-refractivity contribution in [3.63, 3.8) is 0 Å². The minimum atomic E-state index is -1.22. The smallest absolute Gasteiger partial charge is 0.319 e. The number of ketones is 1. The maximum absolute atomic E-state index is 13.7. The number of hydrogen-bond donors (Lipinski definition) is 0. The molecule has 0 radical (unpaired) electrons. The first-order valence-electron chi connectivity index (χ1n) is 12.7. The lowest BCUT2D eigenvalue weighted by Crippen LogP contribution is -2.49. The van der Waals surface area contributed by atoms with Gasteiger partial charge in [-0.25, -0.2) is 0 Å². The summed E-state index contributed by atoms with van der Waals surface area (Å²) in [6.07, 6.45) is 5.29. The summed E-state index contributed by atoms with van der Waals surface area (Å²) < 4.78 is 11.3. The Morgan fingerprint density at radius 2 is 1.85 bits per heavy atom. The highest BCUT2D eigenvalue weighted by atomic mass is 16.5. The average molecular weight is 457 g/mol. The van der Waals surface area contributed by atoms with Crippen molar-refractivity contribution >= 4 is 17.7 Å². The first-order chi connectivity index (χ1) is 15.7. The van der Waals surface area contributed by atoms with Gasteiger partial charge in [0.15, 0.2) is 0 Å². The molecule has 5 nitrogen and oxygen atoms in total. The third kappa shape index (κ3) is 5.67. The molecular weight excluding hydrogens is 416 g/mol. The minimum absolute atomic E-state index is 0.0642. The zero-order valence-electron chi connectivity index (χ0n) is 20.7. The van der Waals surface area contributed by atoms with Crippen LogP contribution >= 0.6 is 0 Å². The number of esters is 2. The fourth-order valence-corrected chi connectivity index (χ4v) is 5.84. The van der Waals surface area contributed by atoms with Gasteiger partial charge in [0.2, 0.25) is 0 Å². The van der Waals surface area contributed by atoms with Crippen LogP contribution in [0.15, 0.2) is 30.3 Å². The molecule has 1 unspecified atom stereocenters. The lowest BCUT2D eigenvalue weighted by molar-refractivity contribution is -0.174. The first kappa shape index (κ1) is 25.5. The van der Waals surface area contributed by atoms with E-state index in [1.807, 2.05) is 6.07 Å². The second-order valence-corrected chi connectivity index (χ2v) is 10.6. The molecular formula is C28H40O5. The Morgan fingerprint density at radius 3 is 2.52 bits per heavy atom. The monoisotopic (exact) mass is 456 g/mol. The predicted octanol–water partition coefficient (Wildman–Crippen LogP) is 5.79. The Balaban J connectivity index is 1.83. The molecule has 0 aromatic heterocycles. The van der Waals surface area contributed by atoms with Gasteiger partial charge >= 0.3 is 11.9 Å². The van der Waals surface area contributed by atoms with Crippen LogP contribution in [-0.2, 0) is 29.3 Å². The SMILES string of the molecule is CCOC(=O)CCC1(C(=O)O[C@@H]2C[C@H](C)CC[C@H]2C(C)(C)c2ccccc2)CCCCC1=O. The number of Topliss-reactive ketones (excluding diaryl/α,β-unsaturated/α-hetero) is 1. The molecule has 182 valence electrons. The lowest BCUT2D eigenvalue weighted by atomic mass is 9.64. The molecule has 0 spiro atoms. The average Bonchev–Trinajstić information content (AvgIpc) is 2.79. The third-order valence-electron chi connectivity index (χ3n) is 8.00. The van der Waals surface area contributed by atoms with Gasteiger partial charge in [0.1, 0.15) is 17.3 Å². The van der Waals surface area contributed by atoms with Crippen LogP contribution in [0.3, 0.4) is 0 Å². The second-order valence-electron chi connectivity index (χ2n) is 10.6. The van der Waals surface area contributed by atoms with Crippen molar-refractivity contribution in [1.29, 1.82) is 0 Å². The van der Waals surface area contributed by atoms with Gasteiger partial charge in [-0.05, 0) is 55.9 Å². The van der Waals surface area contributed by atoms with E-state index < -0.39 is 11.4 Å². The molecule has 0 bridgehead atoms. The Bertz CT molecular complexity index is 830. The zero-order chi connectivity index (χ0) is 24.1. The zero-order valence-corrected chi connectivity index (χ0v) is 20.7. The molecule has 4 atom stereocenters. The summed E-state index contributed by atoms with van der Waals surface area (Å²) in [4.78, 5) is 38.8. The van der Waals surface area contributed by atoms with Crippen molar-refractivity contribution in [3.05, 3.63) is 35.9 Å². The number of hydrogen-bond acceptors (Lipinski definition) is 5. The van der Waals surface area contributed by atoms with E-state index in [2.05, 4.69) is 45.0 Å². The Kier molecular flexibility index (Phi) is 8.36. The van der Waals surface area contributed by atoms with E-state index in [4.69, 9.17) is 9.47 Å². The van der Waals surface area contributed by atoms with Gasteiger partial charge in [0.05, 0.1) is 6.61 Å². The molecule has 2 saturated carbocycles. The largest absolute Gasteiger partial charge is 0.466 e. The quantitative estimate of drug-likeness (QED) is 0.366. The topological polar surface area (TPSA) is 69.7 Å². The molecule has 0 heterocycles. The molecule has 2 aliphatic carbocycles. The highest BCUT2D eigenvalue weighted by Gasteiger charge is 2.50. The van der Waals surface area contributed by atoms with Gasteiger partial charge in [-0.3, -0.25) is 14.4 Å². The van der Waals surface area contributed by atoms with E-state index >= 15 is 0 Å². The molecule has 2 aliphatic rings. The maximum Gasteiger partial charge on any atom is 0.319 e. The van der Waals surface area contributed by atoms with Crippen LogP contribution in [0.25, 0.3) is 0 Å². The normalized spacial score (nSPS) is 28.2. The molecule has 0 amide bonds. The highest BCUT2D eigenvalue weighted by Crippen LogP contribution is 2.46. The Morgan fingerprint density at radius 1 is 1.12 bits per heavy atom. The Hall–Kier alpha value is -2.17. The minimum Gasteiger partial charge on any atom is -0.466 e. The lowest BCUT2D eigenvalue weighted by Gasteiger charge is -2.45. The summed E-state index contributed by atoms with van der Waals surface area (Å²) in [6, 6.07) is 10.4. The van der Waals surface area contributed by atoms with Crippen molar-refractivity contribution in [2.45, 2.75) is 97.0 Å². The molecule has 0 saturated heterocycles. The van der Waals surface area contributed by atoms with Crippen LogP contribution in [0.4, 0.5) is 0 Å². The van der Waals surface area contributed by atoms with Crippen LogP contribution in [0.5, 0.6) is 0 Å². The van der Waals surface area contributed by atoms with E-state index in [0.29, 0.717) is 25.4 Å². The number of ether oxygens (including phenoxy) is 2. The molecule has 0 aliphatic heterocycles. The molecule has 0 N–H and O–H groups in total. The van der Waals surface area contributed by atoms with Gasteiger partial charge in [-0.15, -0.1) is 0 Å². The standard InChI is InChI=1S/C28H40O5/c1-5-32-25(30)16-18-28(17-10-9-13-24(28)29)26(31)33-23-19-20(2)14-15-22(23)27(3,4)21-11-7-6-8-12-21/h6-8,11-12,20,22-23H,5,9-10,13-19H2,1-4H3/t20-,22-,23-,28?/m1/s1. The number of benzene rings is 1. The van der Waals surface area contributed by atoms with Gasteiger partial charge in [0, 0.05) is 18.8 Å². The van der Waals surface area contributed by atoms with E-state index in [0.717, 1.165) is 32.1 Å². The van der Waals surface area contributed by atoms with Crippen molar-refractivity contribution in [1.82, 2.24) is 0 Å². The molecule has 3 rings (SSSR count). The van der Waals surface area contributed by atoms with Crippen LogP contribution in [0.1, 0.15) is 91.0 Å². The fraction of sp³-hybridized carbons (Fsp3) is 0.679. The van der Waals surface area contributed by atoms with E-state index in [1.165, 1.54) is 5.56 Å². The van der Waals surface area contributed by atoms with Crippen LogP contribution < -0.4 is 0 Å². The molecule has 1 aromatic rings. The van der Waals surface area contributed by atoms with E-state index in [1.54, 1.807) is 6.92 Å². The predicted molar refractivity (Wildman–Crippen MR) is 128 cm³/mol. The summed E-state index contributed by atoms with van der Waals surface area (Å²) in [5.41, 5.74) is -0.148. The number of rotatable bonds is 8.